The average Bonchev–Trinajstić information content (AvgIpc) is 2.65. The quantitative estimate of drug-likeness (QED) is 0.393. The molecular formula is C10H15BrZr. The van der Waals surface area contributed by atoms with Crippen LogP contribution in [0, 0.1) is 13.0 Å². The van der Waals surface area contributed by atoms with Crippen LogP contribution in [-0.4, -0.2) is 5.33 Å². The van der Waals surface area contributed by atoms with Crippen LogP contribution in [0.15, 0.2) is 30.9 Å². The van der Waals surface area contributed by atoms with Gasteiger partial charge in [-0.2, -0.15) is 13.0 Å². The molecule has 0 nitrogen and oxygen atoms in total. The Labute approximate surface area is 104 Å². The van der Waals surface area contributed by atoms with Crippen LogP contribution < -0.4 is 0 Å². The Bertz CT molecular complexity index is 107. The van der Waals surface area contributed by atoms with Crippen molar-refractivity contribution in [1.82, 2.24) is 0 Å². The summed E-state index contributed by atoms with van der Waals surface area (Å²) in [5, 5.41) is 0.896. The van der Waals surface area contributed by atoms with E-state index in [1.165, 1.54) is 0 Å². The van der Waals surface area contributed by atoms with E-state index in [2.05, 4.69) is 41.6 Å². The molecule has 0 spiro atoms. The predicted octanol–water partition coefficient (Wildman–Crippen LogP) is 3.71. The van der Waals surface area contributed by atoms with Gasteiger partial charge in [0.1, 0.15) is 0 Å². The molecule has 1 aliphatic carbocycles. The molecule has 0 atom stereocenters. The van der Waals surface area contributed by atoms with Gasteiger partial charge in [-0.25, -0.2) is 12.2 Å². The zero-order valence-electron chi connectivity index (χ0n) is 7.52. The molecule has 0 aromatic heterocycles. The first-order valence-corrected chi connectivity index (χ1v) is 4.63. The van der Waals surface area contributed by atoms with E-state index in [9.17, 15) is 0 Å². The van der Waals surface area contributed by atoms with Crippen molar-refractivity contribution in [3.05, 3.63) is 43.9 Å². The summed E-state index contributed by atoms with van der Waals surface area (Å²) in [6.07, 6.45) is 11.8. The molecule has 0 aliphatic heterocycles. The number of hydrogen-bond donors (Lipinski definition) is 0. The maximum absolute atomic E-state index is 3.43. The summed E-state index contributed by atoms with van der Waals surface area (Å²) in [5.74, 6) is 0. The molecule has 0 aromatic carbocycles. The van der Waals surface area contributed by atoms with Gasteiger partial charge in [-0.1, -0.05) is 22.0 Å². The van der Waals surface area contributed by atoms with Crippen LogP contribution in [0.1, 0.15) is 13.3 Å². The number of hydrogen-bond acceptors (Lipinski definition) is 0. The van der Waals surface area contributed by atoms with Gasteiger partial charge in [-0.05, 0) is 0 Å². The zero-order valence-corrected chi connectivity index (χ0v) is 11.6. The molecule has 0 N–H and O–H groups in total. The number of alkyl halides is 1. The van der Waals surface area contributed by atoms with Crippen molar-refractivity contribution in [2.75, 3.05) is 5.33 Å². The fourth-order valence-electron chi connectivity index (χ4n) is 0.340. The van der Waals surface area contributed by atoms with E-state index in [1.807, 2.05) is 12.2 Å². The van der Waals surface area contributed by atoms with Crippen molar-refractivity contribution >= 4 is 15.9 Å². The molecule has 0 bridgehead atoms. The van der Waals surface area contributed by atoms with Gasteiger partial charge in [-0.3, -0.25) is 6.08 Å². The van der Waals surface area contributed by atoms with E-state index >= 15 is 0 Å². The number of allylic oxidation sites excluding steroid dienone is 5. The molecular weight excluding hydrogens is 291 g/mol. The topological polar surface area (TPSA) is 0 Å². The van der Waals surface area contributed by atoms with Gasteiger partial charge < -0.3 is 6.92 Å². The number of halogens is 1. The average molecular weight is 306 g/mol. The van der Waals surface area contributed by atoms with E-state index in [-0.39, 0.29) is 26.2 Å². The Morgan fingerprint density at radius 1 is 1.67 bits per heavy atom. The molecule has 0 saturated carbocycles. The second-order valence-corrected chi connectivity index (χ2v) is 2.09. The smallest absolute Gasteiger partial charge is 0.346 e. The summed E-state index contributed by atoms with van der Waals surface area (Å²) in [6.45, 7) is 8.43. The van der Waals surface area contributed by atoms with Crippen LogP contribution in [0.2, 0.25) is 0 Å². The first kappa shape index (κ1) is 18.4. The van der Waals surface area contributed by atoms with Crippen LogP contribution in [0.3, 0.4) is 0 Å². The molecule has 0 radical (unpaired) electrons. The first-order chi connectivity index (χ1) is 5.41. The van der Waals surface area contributed by atoms with E-state index in [0.717, 1.165) is 11.8 Å². The normalized spacial score (nSPS) is 9.92. The third kappa shape index (κ3) is 22.4. The van der Waals surface area contributed by atoms with Crippen molar-refractivity contribution in [2.45, 2.75) is 13.3 Å². The summed E-state index contributed by atoms with van der Waals surface area (Å²) >= 11 is 3.13. The molecule has 0 aromatic rings. The largest absolute Gasteiger partial charge is 2.00 e. The Balaban J connectivity index is -0.000000107. The summed E-state index contributed by atoms with van der Waals surface area (Å²) < 4.78 is 0. The molecule has 0 heterocycles. The van der Waals surface area contributed by atoms with Gasteiger partial charge >= 0.3 is 26.2 Å². The maximum atomic E-state index is 3.43. The van der Waals surface area contributed by atoms with Gasteiger partial charge in [0.05, 0.1) is 0 Å². The summed E-state index contributed by atoms with van der Waals surface area (Å²) in [6, 6.07) is 0. The molecule has 2 heteroatoms. The summed E-state index contributed by atoms with van der Waals surface area (Å²) in [4.78, 5) is 0. The van der Waals surface area contributed by atoms with Gasteiger partial charge in [0.15, 0.2) is 0 Å². The van der Waals surface area contributed by atoms with Crippen molar-refractivity contribution in [2.24, 2.45) is 0 Å². The minimum atomic E-state index is 0. The van der Waals surface area contributed by atoms with E-state index in [1.54, 1.807) is 13.0 Å². The Hall–Kier alpha value is 0.583. The molecule has 0 saturated heterocycles. The molecule has 0 fully saturated rings. The van der Waals surface area contributed by atoms with Gasteiger partial charge in [0.25, 0.3) is 0 Å². The van der Waals surface area contributed by atoms with E-state index in [4.69, 9.17) is 0 Å². The molecule has 0 amide bonds. The van der Waals surface area contributed by atoms with Crippen molar-refractivity contribution in [3.63, 3.8) is 0 Å². The molecule has 1 aliphatic rings. The molecule has 66 valence electrons. The fourth-order valence-corrected chi connectivity index (χ4v) is 0.340. The predicted molar refractivity (Wildman–Crippen MR) is 56.6 cm³/mol. The van der Waals surface area contributed by atoms with Gasteiger partial charge in [0, 0.05) is 5.33 Å². The maximum Gasteiger partial charge on any atom is 2.00 e. The van der Waals surface area contributed by atoms with Crippen LogP contribution in [0.4, 0.5) is 0 Å². The summed E-state index contributed by atoms with van der Waals surface area (Å²) in [5.41, 5.74) is 0. The molecule has 0 unspecified atom stereocenters. The van der Waals surface area contributed by atoms with Crippen molar-refractivity contribution < 1.29 is 26.2 Å². The monoisotopic (exact) mass is 304 g/mol. The second-order valence-electron chi connectivity index (χ2n) is 1.45. The van der Waals surface area contributed by atoms with Crippen LogP contribution in [-0.2, 0) is 26.2 Å². The minimum Gasteiger partial charge on any atom is -0.346 e. The van der Waals surface area contributed by atoms with Crippen molar-refractivity contribution in [1.29, 1.82) is 0 Å². The van der Waals surface area contributed by atoms with Crippen LogP contribution >= 0.6 is 15.9 Å². The first-order valence-electron chi connectivity index (χ1n) is 3.51. The van der Waals surface area contributed by atoms with Gasteiger partial charge in [-0.15, -0.1) is 13.0 Å². The van der Waals surface area contributed by atoms with Crippen molar-refractivity contribution in [3.8, 4) is 0 Å². The molecule has 12 heavy (non-hydrogen) atoms. The standard InChI is InChI=1S/C5H5.C3H5Br.C2H5.Zr/c1-2-4-5-3-1;1-2-3-4;1-2;/h1-3H,4H2;2H,1,3H2;1H2,2H3;/q-1;;-1;+2. The fraction of sp³-hybridized carbons (Fsp3) is 0.300. The van der Waals surface area contributed by atoms with E-state index < -0.39 is 0 Å². The second kappa shape index (κ2) is 22.6. The Kier molecular flexibility index (Phi) is 34.6. The zero-order chi connectivity index (χ0) is 8.95. The van der Waals surface area contributed by atoms with Crippen LogP contribution in [0.5, 0.6) is 0 Å². The minimum absolute atomic E-state index is 0. The van der Waals surface area contributed by atoms with Crippen LogP contribution in [0.25, 0.3) is 0 Å². The Morgan fingerprint density at radius 2 is 2.17 bits per heavy atom. The third-order valence-electron chi connectivity index (χ3n) is 0.695. The molecule has 1 rings (SSSR count). The Morgan fingerprint density at radius 3 is 2.25 bits per heavy atom. The third-order valence-corrected chi connectivity index (χ3v) is 1.15. The SMILES string of the molecule is C=CCBr.[C-]1=CC=CC1.[CH2-]C.[Zr+2]. The summed E-state index contributed by atoms with van der Waals surface area (Å²) in [7, 11) is 0. The van der Waals surface area contributed by atoms with Gasteiger partial charge in [0.2, 0.25) is 0 Å². The number of rotatable bonds is 1. The van der Waals surface area contributed by atoms with E-state index in [0.29, 0.717) is 0 Å².